The molecule has 1 aliphatic carbocycles. The normalized spacial score (nSPS) is 15.1. The van der Waals surface area contributed by atoms with E-state index in [1.165, 1.54) is 30.5 Å². The summed E-state index contributed by atoms with van der Waals surface area (Å²) >= 11 is 0. The van der Waals surface area contributed by atoms with E-state index >= 15 is 0 Å². The Bertz CT molecular complexity index is 1090. The summed E-state index contributed by atoms with van der Waals surface area (Å²) in [6.07, 6.45) is -1.41. The molecule has 4 rings (SSSR count). The first-order valence-corrected chi connectivity index (χ1v) is 9.29. The van der Waals surface area contributed by atoms with Crippen molar-refractivity contribution in [1.29, 1.82) is 0 Å². The molecular weight excluding hydrogens is 401 g/mol. The maximum Gasteiger partial charge on any atom is 0.573 e. The van der Waals surface area contributed by atoms with Crippen LogP contribution < -0.4 is 15.4 Å². The predicted molar refractivity (Wildman–Crippen MR) is 102 cm³/mol. The molecule has 7 nitrogen and oxygen atoms in total. The van der Waals surface area contributed by atoms with Crippen molar-refractivity contribution in [3.63, 3.8) is 0 Å². The number of carbonyl (C=O) groups excluding carboxylic acids is 1. The molecule has 0 saturated heterocycles. The van der Waals surface area contributed by atoms with Crippen LogP contribution in [0.2, 0.25) is 0 Å². The molecule has 0 radical (unpaired) electrons. The summed E-state index contributed by atoms with van der Waals surface area (Å²) in [4.78, 5) is 21.4. The molecule has 1 saturated carbocycles. The molecule has 1 amide bonds. The Morgan fingerprint density at radius 2 is 1.93 bits per heavy atom. The molecule has 0 unspecified atom stereocenters. The number of alkyl halides is 3. The molecule has 2 N–H and O–H groups in total. The molecule has 0 bridgehead atoms. The lowest BCUT2D eigenvalue weighted by Gasteiger charge is -2.14. The largest absolute Gasteiger partial charge is 0.573 e. The van der Waals surface area contributed by atoms with Crippen molar-refractivity contribution in [3.05, 3.63) is 47.5 Å². The van der Waals surface area contributed by atoms with Crippen molar-refractivity contribution in [2.24, 2.45) is 0 Å². The van der Waals surface area contributed by atoms with Crippen LogP contribution in [0.1, 0.15) is 41.5 Å². The predicted octanol–water partition coefficient (Wildman–Crippen LogP) is 4.32. The minimum absolute atomic E-state index is 0.0566. The molecule has 2 heterocycles. The standard InChI is InChI=1S/C20H19F3N4O3/c1-11-25-16(27-19(2)7-8-19)15-14(10-29-18(15)26-11)17(28)24-9-12-3-5-13(6-4-12)30-20(21,22)23/h3-6,10H,7-9H2,1-2H3,(H,24,28)(H,25,26,27). The zero-order valence-electron chi connectivity index (χ0n) is 16.3. The molecule has 0 aliphatic heterocycles. The highest BCUT2D eigenvalue weighted by Crippen LogP contribution is 2.40. The second-order valence-corrected chi connectivity index (χ2v) is 7.51. The molecule has 0 spiro atoms. The number of aromatic nitrogens is 2. The number of aryl methyl sites for hydroxylation is 1. The Balaban J connectivity index is 1.50. The average molecular weight is 420 g/mol. The number of halogens is 3. The minimum Gasteiger partial charge on any atom is -0.445 e. The van der Waals surface area contributed by atoms with Crippen LogP contribution in [0.4, 0.5) is 19.0 Å². The van der Waals surface area contributed by atoms with Gasteiger partial charge in [0.2, 0.25) is 5.71 Å². The summed E-state index contributed by atoms with van der Waals surface area (Å²) in [5.41, 5.74) is 1.15. The highest BCUT2D eigenvalue weighted by Gasteiger charge is 2.38. The number of rotatable bonds is 6. The van der Waals surface area contributed by atoms with E-state index in [-0.39, 0.29) is 23.4 Å². The monoisotopic (exact) mass is 420 g/mol. The van der Waals surface area contributed by atoms with Crippen molar-refractivity contribution in [2.75, 3.05) is 5.32 Å². The lowest BCUT2D eigenvalue weighted by atomic mass is 10.1. The van der Waals surface area contributed by atoms with Crippen LogP contribution in [0.3, 0.4) is 0 Å². The molecule has 1 aromatic carbocycles. The van der Waals surface area contributed by atoms with Gasteiger partial charge in [0.25, 0.3) is 5.91 Å². The van der Waals surface area contributed by atoms with Crippen molar-refractivity contribution in [1.82, 2.24) is 15.3 Å². The fourth-order valence-corrected chi connectivity index (χ4v) is 2.99. The highest BCUT2D eigenvalue weighted by molar-refractivity contribution is 6.08. The van der Waals surface area contributed by atoms with E-state index in [0.29, 0.717) is 28.3 Å². The third-order valence-electron chi connectivity index (χ3n) is 4.82. The summed E-state index contributed by atoms with van der Waals surface area (Å²) in [6.45, 7) is 3.93. The number of nitrogens with one attached hydrogen (secondary N) is 2. The SMILES string of the molecule is Cc1nc(NC2(C)CC2)c2c(C(=O)NCc3ccc(OC(F)(F)F)cc3)coc2n1. The zero-order chi connectivity index (χ0) is 21.5. The summed E-state index contributed by atoms with van der Waals surface area (Å²) in [7, 11) is 0. The molecule has 1 aliphatic rings. The van der Waals surface area contributed by atoms with Gasteiger partial charge in [-0.25, -0.2) is 4.98 Å². The van der Waals surface area contributed by atoms with Crippen molar-refractivity contribution < 1.29 is 27.1 Å². The summed E-state index contributed by atoms with van der Waals surface area (Å²) < 4.78 is 46.0. The minimum atomic E-state index is -4.75. The fraction of sp³-hybridized carbons (Fsp3) is 0.350. The molecule has 1 fully saturated rings. The van der Waals surface area contributed by atoms with Gasteiger partial charge in [-0.2, -0.15) is 4.98 Å². The third-order valence-corrected chi connectivity index (χ3v) is 4.82. The number of benzene rings is 1. The van der Waals surface area contributed by atoms with Gasteiger partial charge in [-0.1, -0.05) is 12.1 Å². The molecule has 30 heavy (non-hydrogen) atoms. The summed E-state index contributed by atoms with van der Waals surface area (Å²) in [5.74, 6) is 0.345. The number of anilines is 1. The average Bonchev–Trinajstić information content (AvgIpc) is 3.22. The Morgan fingerprint density at radius 1 is 1.23 bits per heavy atom. The number of furan rings is 1. The first-order valence-electron chi connectivity index (χ1n) is 9.29. The quantitative estimate of drug-likeness (QED) is 0.617. The van der Waals surface area contributed by atoms with E-state index in [0.717, 1.165) is 12.8 Å². The van der Waals surface area contributed by atoms with Gasteiger partial charge < -0.3 is 19.8 Å². The first kappa shape index (κ1) is 20.0. The number of hydrogen-bond donors (Lipinski definition) is 2. The summed E-state index contributed by atoms with van der Waals surface area (Å²) in [5, 5.41) is 6.60. The van der Waals surface area contributed by atoms with Crippen molar-refractivity contribution in [2.45, 2.75) is 45.1 Å². The number of carbonyl (C=O) groups is 1. The van der Waals surface area contributed by atoms with Gasteiger partial charge in [0, 0.05) is 12.1 Å². The van der Waals surface area contributed by atoms with E-state index in [9.17, 15) is 18.0 Å². The third kappa shape index (κ3) is 4.47. The smallest absolute Gasteiger partial charge is 0.445 e. The van der Waals surface area contributed by atoms with Gasteiger partial charge in [0.1, 0.15) is 23.7 Å². The van der Waals surface area contributed by atoms with Crippen LogP contribution in [0, 0.1) is 6.92 Å². The topological polar surface area (TPSA) is 89.3 Å². The van der Waals surface area contributed by atoms with E-state index in [1.54, 1.807) is 6.92 Å². The maximum absolute atomic E-state index is 12.7. The van der Waals surface area contributed by atoms with Crippen LogP contribution in [0.15, 0.2) is 34.9 Å². The van der Waals surface area contributed by atoms with Gasteiger partial charge in [-0.05, 0) is 44.4 Å². The Morgan fingerprint density at radius 3 is 2.57 bits per heavy atom. The second kappa shape index (κ2) is 7.19. The summed E-state index contributed by atoms with van der Waals surface area (Å²) in [6, 6.07) is 5.28. The van der Waals surface area contributed by atoms with Crippen LogP contribution >= 0.6 is 0 Å². The Kier molecular flexibility index (Phi) is 4.79. The zero-order valence-corrected chi connectivity index (χ0v) is 16.3. The highest BCUT2D eigenvalue weighted by atomic mass is 19.4. The van der Waals surface area contributed by atoms with Crippen molar-refractivity contribution in [3.8, 4) is 5.75 Å². The van der Waals surface area contributed by atoms with Gasteiger partial charge in [-0.3, -0.25) is 4.79 Å². The van der Waals surface area contributed by atoms with Gasteiger partial charge in [-0.15, -0.1) is 13.2 Å². The maximum atomic E-state index is 12.7. The van der Waals surface area contributed by atoms with Crippen molar-refractivity contribution >= 4 is 22.8 Å². The van der Waals surface area contributed by atoms with Crippen LogP contribution in [-0.2, 0) is 6.54 Å². The van der Waals surface area contributed by atoms with E-state index in [2.05, 4.69) is 32.3 Å². The lowest BCUT2D eigenvalue weighted by Crippen LogP contribution is -2.23. The number of nitrogens with zero attached hydrogens (tertiary/aromatic N) is 2. The van der Waals surface area contributed by atoms with Crippen LogP contribution in [0.25, 0.3) is 11.1 Å². The number of fused-ring (bicyclic) bond motifs is 1. The van der Waals surface area contributed by atoms with E-state index < -0.39 is 12.3 Å². The first-order chi connectivity index (χ1) is 14.1. The molecular formula is C20H19F3N4O3. The van der Waals surface area contributed by atoms with Gasteiger partial charge >= 0.3 is 6.36 Å². The van der Waals surface area contributed by atoms with Crippen LogP contribution in [0.5, 0.6) is 5.75 Å². The Labute approximate surface area is 169 Å². The lowest BCUT2D eigenvalue weighted by molar-refractivity contribution is -0.274. The number of ether oxygens (including phenoxy) is 1. The Hall–Kier alpha value is -3.30. The number of hydrogen-bond acceptors (Lipinski definition) is 6. The van der Waals surface area contributed by atoms with Crippen LogP contribution in [-0.4, -0.2) is 27.8 Å². The second-order valence-electron chi connectivity index (χ2n) is 7.51. The van der Waals surface area contributed by atoms with E-state index in [4.69, 9.17) is 4.42 Å². The molecule has 3 aromatic rings. The van der Waals surface area contributed by atoms with Gasteiger partial charge in [0.15, 0.2) is 0 Å². The molecule has 2 aromatic heterocycles. The number of amides is 1. The van der Waals surface area contributed by atoms with E-state index in [1.807, 2.05) is 0 Å². The molecule has 158 valence electrons. The fourth-order valence-electron chi connectivity index (χ4n) is 2.99. The van der Waals surface area contributed by atoms with Gasteiger partial charge in [0.05, 0.1) is 10.9 Å². The molecule has 0 atom stereocenters. The molecule has 10 heteroatoms.